The van der Waals surface area contributed by atoms with Crippen LogP contribution in [0.25, 0.3) is 0 Å². The van der Waals surface area contributed by atoms with E-state index in [0.717, 1.165) is 33.8 Å². The zero-order valence-corrected chi connectivity index (χ0v) is 20.0. The minimum absolute atomic E-state index is 0.0498. The van der Waals surface area contributed by atoms with Gasteiger partial charge in [0.05, 0.1) is 17.0 Å². The molecule has 0 aliphatic heterocycles. The molecule has 0 unspecified atom stereocenters. The van der Waals surface area contributed by atoms with E-state index in [1.807, 2.05) is 31.2 Å². The summed E-state index contributed by atoms with van der Waals surface area (Å²) in [5.74, 6) is -1.65. The van der Waals surface area contributed by atoms with Crippen molar-refractivity contribution in [3.8, 4) is 0 Å². The lowest BCUT2D eigenvalue weighted by molar-refractivity contribution is -0.139. The van der Waals surface area contributed by atoms with Crippen LogP contribution >= 0.6 is 11.6 Å². The summed E-state index contributed by atoms with van der Waals surface area (Å²) >= 11 is 5.81. The molecule has 0 aliphatic rings. The van der Waals surface area contributed by atoms with Gasteiger partial charge >= 0.3 is 0 Å². The Kier molecular flexibility index (Phi) is 8.63. The van der Waals surface area contributed by atoms with E-state index in [9.17, 15) is 22.4 Å². The zero-order valence-electron chi connectivity index (χ0n) is 18.4. The highest BCUT2D eigenvalue weighted by molar-refractivity contribution is 7.92. The Balaban J connectivity index is 2.42. The molecule has 0 aliphatic carbocycles. The summed E-state index contributed by atoms with van der Waals surface area (Å²) in [5, 5.41) is 2.42. The van der Waals surface area contributed by atoms with E-state index in [2.05, 4.69) is 5.32 Å². The zero-order chi connectivity index (χ0) is 24.1. The van der Waals surface area contributed by atoms with Crippen molar-refractivity contribution in [2.75, 3.05) is 23.7 Å². The van der Waals surface area contributed by atoms with E-state index in [4.69, 9.17) is 11.6 Å². The molecule has 10 heteroatoms. The maximum atomic E-state index is 13.6. The predicted molar refractivity (Wildman–Crippen MR) is 123 cm³/mol. The minimum Gasteiger partial charge on any atom is -0.355 e. The minimum atomic E-state index is -3.91. The third kappa shape index (κ3) is 6.43. The number of likely N-dealkylation sites (N-methyl/N-ethyl adjacent to an activating group) is 1. The van der Waals surface area contributed by atoms with E-state index in [1.54, 1.807) is 13.8 Å². The molecule has 174 valence electrons. The average Bonchev–Trinajstić information content (AvgIpc) is 2.72. The Hall–Kier alpha value is -2.65. The van der Waals surface area contributed by atoms with E-state index < -0.39 is 34.3 Å². The van der Waals surface area contributed by atoms with Crippen LogP contribution in [0.4, 0.5) is 10.1 Å². The van der Waals surface area contributed by atoms with Crippen molar-refractivity contribution in [3.05, 3.63) is 64.4 Å². The van der Waals surface area contributed by atoms with E-state index in [-0.39, 0.29) is 23.2 Å². The first-order chi connectivity index (χ1) is 15.0. The van der Waals surface area contributed by atoms with Gasteiger partial charge in [-0.25, -0.2) is 12.8 Å². The SMILES string of the molecule is CCNC(=O)[C@@H](C)N(Cc1ccccc1C)C(=O)CN(c1ccc(F)c(Cl)c1)S(C)(=O)=O. The van der Waals surface area contributed by atoms with Crippen LogP contribution in [0.3, 0.4) is 0 Å². The monoisotopic (exact) mass is 483 g/mol. The highest BCUT2D eigenvalue weighted by Crippen LogP contribution is 2.25. The summed E-state index contributed by atoms with van der Waals surface area (Å²) in [6, 6.07) is 9.97. The van der Waals surface area contributed by atoms with Crippen molar-refractivity contribution in [2.45, 2.75) is 33.4 Å². The number of carbonyl (C=O) groups excluding carboxylic acids is 2. The number of hydrogen-bond acceptors (Lipinski definition) is 4. The predicted octanol–water partition coefficient (Wildman–Crippen LogP) is 3.11. The summed E-state index contributed by atoms with van der Waals surface area (Å²) in [7, 11) is -3.91. The van der Waals surface area contributed by atoms with Crippen LogP contribution in [-0.2, 0) is 26.2 Å². The van der Waals surface area contributed by atoms with Crippen molar-refractivity contribution in [1.29, 1.82) is 0 Å². The Morgan fingerprint density at radius 3 is 2.41 bits per heavy atom. The summed E-state index contributed by atoms with van der Waals surface area (Å²) in [6.07, 6.45) is 0.941. The molecule has 0 radical (unpaired) electrons. The highest BCUT2D eigenvalue weighted by Gasteiger charge is 2.30. The molecular weight excluding hydrogens is 457 g/mol. The summed E-state index contributed by atoms with van der Waals surface area (Å²) in [5.41, 5.74) is 1.81. The van der Waals surface area contributed by atoms with Crippen molar-refractivity contribution in [2.24, 2.45) is 0 Å². The number of amides is 2. The number of aryl methyl sites for hydroxylation is 1. The van der Waals surface area contributed by atoms with Gasteiger partial charge < -0.3 is 10.2 Å². The molecule has 0 fully saturated rings. The van der Waals surface area contributed by atoms with Crippen molar-refractivity contribution < 1.29 is 22.4 Å². The lowest BCUT2D eigenvalue weighted by atomic mass is 10.1. The normalized spacial score (nSPS) is 12.2. The van der Waals surface area contributed by atoms with Crippen LogP contribution in [0.2, 0.25) is 5.02 Å². The van der Waals surface area contributed by atoms with E-state index in [0.29, 0.717) is 6.54 Å². The smallest absolute Gasteiger partial charge is 0.244 e. The van der Waals surface area contributed by atoms with Gasteiger partial charge in [-0.15, -0.1) is 0 Å². The van der Waals surface area contributed by atoms with Gasteiger partial charge in [0, 0.05) is 13.1 Å². The van der Waals surface area contributed by atoms with Gasteiger partial charge in [-0.3, -0.25) is 13.9 Å². The third-order valence-electron chi connectivity index (χ3n) is 4.99. The summed E-state index contributed by atoms with van der Waals surface area (Å²) in [6.45, 7) is 5.17. The van der Waals surface area contributed by atoms with Gasteiger partial charge in [0.2, 0.25) is 21.8 Å². The van der Waals surface area contributed by atoms with Gasteiger partial charge in [-0.1, -0.05) is 35.9 Å². The van der Waals surface area contributed by atoms with E-state index in [1.165, 1.54) is 11.0 Å². The van der Waals surface area contributed by atoms with Gasteiger partial charge in [-0.2, -0.15) is 0 Å². The Morgan fingerprint density at radius 1 is 1.19 bits per heavy atom. The first-order valence-corrected chi connectivity index (χ1v) is 12.2. The Morgan fingerprint density at radius 2 is 1.84 bits per heavy atom. The lowest BCUT2D eigenvalue weighted by Crippen LogP contribution is -2.51. The molecule has 0 aromatic heterocycles. The molecule has 0 bridgehead atoms. The average molecular weight is 484 g/mol. The molecule has 32 heavy (non-hydrogen) atoms. The van der Waals surface area contributed by atoms with E-state index >= 15 is 0 Å². The van der Waals surface area contributed by atoms with Crippen LogP contribution in [0.5, 0.6) is 0 Å². The number of anilines is 1. The number of benzene rings is 2. The second-order valence-electron chi connectivity index (χ2n) is 7.39. The molecule has 7 nitrogen and oxygen atoms in total. The molecule has 2 amide bonds. The number of rotatable bonds is 9. The molecule has 0 heterocycles. The fourth-order valence-electron chi connectivity index (χ4n) is 3.13. The number of carbonyl (C=O) groups is 2. The maximum Gasteiger partial charge on any atom is 0.244 e. The number of halogens is 2. The molecule has 1 N–H and O–H groups in total. The molecule has 2 aromatic carbocycles. The van der Waals surface area contributed by atoms with Crippen LogP contribution < -0.4 is 9.62 Å². The maximum absolute atomic E-state index is 13.6. The first-order valence-electron chi connectivity index (χ1n) is 10.00. The standard InChI is InChI=1S/C22H27ClFN3O4S/c1-5-25-22(29)16(3)26(13-17-9-7-6-8-15(17)2)21(28)14-27(32(4,30)31)18-10-11-20(24)19(23)12-18/h6-12,16H,5,13-14H2,1-4H3,(H,25,29)/t16-/m1/s1. The van der Waals surface area contributed by atoms with Gasteiger partial charge in [-0.05, 0) is 50.1 Å². The second kappa shape index (κ2) is 10.8. The lowest BCUT2D eigenvalue weighted by Gasteiger charge is -2.31. The number of nitrogens with one attached hydrogen (secondary N) is 1. The molecule has 1 atom stereocenters. The molecule has 0 saturated carbocycles. The number of sulfonamides is 1. The number of hydrogen-bond donors (Lipinski definition) is 1. The summed E-state index contributed by atoms with van der Waals surface area (Å²) in [4.78, 5) is 27.2. The van der Waals surface area contributed by atoms with Gasteiger partial charge in [0.1, 0.15) is 18.4 Å². The molecule has 0 spiro atoms. The van der Waals surface area contributed by atoms with Crippen LogP contribution in [0.15, 0.2) is 42.5 Å². The topological polar surface area (TPSA) is 86.8 Å². The molecule has 0 saturated heterocycles. The largest absolute Gasteiger partial charge is 0.355 e. The van der Waals surface area contributed by atoms with Crippen LogP contribution in [0, 0.1) is 12.7 Å². The summed E-state index contributed by atoms with van der Waals surface area (Å²) < 4.78 is 39.3. The molecule has 2 rings (SSSR count). The van der Waals surface area contributed by atoms with Crippen molar-refractivity contribution in [3.63, 3.8) is 0 Å². The Labute approximate surface area is 193 Å². The fraction of sp³-hybridized carbons (Fsp3) is 0.364. The molecule has 2 aromatic rings. The Bertz CT molecular complexity index is 1090. The quantitative estimate of drug-likeness (QED) is 0.593. The molecular formula is C22H27ClFN3O4S. The fourth-order valence-corrected chi connectivity index (χ4v) is 4.15. The van der Waals surface area contributed by atoms with Gasteiger partial charge in [0.25, 0.3) is 0 Å². The first kappa shape index (κ1) is 25.6. The highest BCUT2D eigenvalue weighted by atomic mass is 35.5. The van der Waals surface area contributed by atoms with Crippen molar-refractivity contribution in [1.82, 2.24) is 10.2 Å². The van der Waals surface area contributed by atoms with Crippen molar-refractivity contribution >= 4 is 39.1 Å². The van der Waals surface area contributed by atoms with Crippen LogP contribution in [-0.4, -0.2) is 50.5 Å². The number of nitrogens with zero attached hydrogens (tertiary/aromatic N) is 2. The van der Waals surface area contributed by atoms with Crippen LogP contribution in [0.1, 0.15) is 25.0 Å². The second-order valence-corrected chi connectivity index (χ2v) is 9.70. The third-order valence-corrected chi connectivity index (χ3v) is 6.42. The van der Waals surface area contributed by atoms with Gasteiger partial charge in [0.15, 0.2) is 0 Å².